The molecule has 3 amide bonds. The number of nitrogens with zero attached hydrogens (tertiary/aromatic N) is 1. The summed E-state index contributed by atoms with van der Waals surface area (Å²) in [5.74, 6) is 0.491. The Kier molecular flexibility index (Phi) is 4.50. The fraction of sp³-hybridized carbons (Fsp3) is 0.286. The van der Waals surface area contributed by atoms with Crippen molar-refractivity contribution in [1.29, 1.82) is 0 Å². The molecule has 2 aromatic carbocycles. The quantitative estimate of drug-likeness (QED) is 0.636. The number of fused-ring (bicyclic) bond motifs is 2. The lowest BCUT2D eigenvalue weighted by Gasteiger charge is -2.33. The third-order valence-electron chi connectivity index (χ3n) is 5.05. The van der Waals surface area contributed by atoms with Crippen LogP contribution in [0.15, 0.2) is 48.5 Å². The SMILES string of the molecule is CCOc1ccc(C(=O)CN2C(=O)NC3(CCOc4ccccc43)C2=O)cc1. The highest BCUT2D eigenvalue weighted by molar-refractivity contribution is 6.11. The van der Waals surface area contributed by atoms with Gasteiger partial charge in [0.25, 0.3) is 5.91 Å². The van der Waals surface area contributed by atoms with E-state index in [-0.39, 0.29) is 12.3 Å². The molecule has 1 spiro atoms. The molecule has 1 atom stereocenters. The molecular formula is C21H20N2O5. The normalized spacial score (nSPS) is 20.5. The molecule has 2 aliphatic rings. The Morgan fingerprint density at radius 1 is 1.18 bits per heavy atom. The Morgan fingerprint density at radius 3 is 2.68 bits per heavy atom. The number of rotatable bonds is 5. The molecule has 1 saturated heterocycles. The zero-order chi connectivity index (χ0) is 19.7. The van der Waals surface area contributed by atoms with E-state index in [1.165, 1.54) is 0 Å². The number of ether oxygens (including phenoxy) is 2. The third-order valence-corrected chi connectivity index (χ3v) is 5.05. The summed E-state index contributed by atoms with van der Waals surface area (Å²) in [5.41, 5.74) is -0.140. The van der Waals surface area contributed by atoms with E-state index in [0.29, 0.717) is 42.3 Å². The second-order valence-electron chi connectivity index (χ2n) is 6.70. The van der Waals surface area contributed by atoms with E-state index in [1.807, 2.05) is 13.0 Å². The van der Waals surface area contributed by atoms with Gasteiger partial charge in [0.2, 0.25) is 0 Å². The van der Waals surface area contributed by atoms with E-state index in [4.69, 9.17) is 9.47 Å². The predicted molar refractivity (Wildman–Crippen MR) is 100 cm³/mol. The first-order chi connectivity index (χ1) is 13.5. The maximum Gasteiger partial charge on any atom is 0.325 e. The average molecular weight is 380 g/mol. The number of nitrogens with one attached hydrogen (secondary N) is 1. The van der Waals surface area contributed by atoms with Crippen LogP contribution in [-0.2, 0) is 10.3 Å². The molecule has 28 heavy (non-hydrogen) atoms. The molecule has 4 rings (SSSR count). The lowest BCUT2D eigenvalue weighted by atomic mass is 9.84. The van der Waals surface area contributed by atoms with Crippen LogP contribution < -0.4 is 14.8 Å². The van der Waals surface area contributed by atoms with E-state index < -0.39 is 17.5 Å². The lowest BCUT2D eigenvalue weighted by Crippen LogP contribution is -2.47. The highest BCUT2D eigenvalue weighted by Gasteiger charge is 2.55. The van der Waals surface area contributed by atoms with Crippen molar-refractivity contribution >= 4 is 17.7 Å². The summed E-state index contributed by atoms with van der Waals surface area (Å²) in [6, 6.07) is 13.2. The smallest absolute Gasteiger partial charge is 0.325 e. The number of benzene rings is 2. The van der Waals surface area contributed by atoms with Crippen molar-refractivity contribution in [3.63, 3.8) is 0 Å². The number of carbonyl (C=O) groups is 3. The number of Topliss-reactive ketones (excluding diaryl/α,β-unsaturated/α-hetero) is 1. The maximum atomic E-state index is 13.2. The topological polar surface area (TPSA) is 84.9 Å². The summed E-state index contributed by atoms with van der Waals surface area (Å²) in [6.07, 6.45) is 0.322. The van der Waals surface area contributed by atoms with Gasteiger partial charge >= 0.3 is 6.03 Å². The molecule has 144 valence electrons. The summed E-state index contributed by atoms with van der Waals surface area (Å²) in [6.45, 7) is 2.40. The minimum absolute atomic E-state index is 0.309. The molecule has 0 aliphatic carbocycles. The summed E-state index contributed by atoms with van der Waals surface area (Å²) in [4.78, 5) is 39.4. The highest BCUT2D eigenvalue weighted by Crippen LogP contribution is 2.40. The van der Waals surface area contributed by atoms with Crippen LogP contribution in [0.3, 0.4) is 0 Å². The average Bonchev–Trinajstić information content (AvgIpc) is 2.94. The Balaban J connectivity index is 1.56. The van der Waals surface area contributed by atoms with Gasteiger partial charge in [0, 0.05) is 17.5 Å². The summed E-state index contributed by atoms with van der Waals surface area (Å²) in [5, 5.41) is 2.79. The van der Waals surface area contributed by atoms with Crippen molar-refractivity contribution in [2.75, 3.05) is 19.8 Å². The van der Waals surface area contributed by atoms with Crippen LogP contribution in [0.2, 0.25) is 0 Å². The highest BCUT2D eigenvalue weighted by atomic mass is 16.5. The van der Waals surface area contributed by atoms with Gasteiger partial charge in [0.05, 0.1) is 19.8 Å². The maximum absolute atomic E-state index is 13.2. The van der Waals surface area contributed by atoms with Gasteiger partial charge in [-0.3, -0.25) is 14.5 Å². The molecule has 0 bridgehead atoms. The number of carbonyl (C=O) groups excluding carboxylic acids is 3. The third kappa shape index (κ3) is 2.89. The van der Waals surface area contributed by atoms with Gasteiger partial charge in [-0.1, -0.05) is 18.2 Å². The van der Waals surface area contributed by atoms with E-state index in [0.717, 1.165) is 4.90 Å². The van der Waals surface area contributed by atoms with Crippen LogP contribution in [0.4, 0.5) is 4.79 Å². The Labute approximate surface area is 162 Å². The van der Waals surface area contributed by atoms with Crippen molar-refractivity contribution in [2.45, 2.75) is 18.9 Å². The fourth-order valence-corrected chi connectivity index (χ4v) is 3.65. The standard InChI is InChI=1S/C21H20N2O5/c1-2-27-15-9-7-14(8-10-15)17(24)13-23-19(25)21(22-20(23)26)11-12-28-18-6-4-3-5-16(18)21/h3-10H,2,11-13H2,1H3,(H,22,26). The van der Waals surface area contributed by atoms with Gasteiger partial charge in [-0.25, -0.2) is 4.79 Å². The molecule has 1 unspecified atom stereocenters. The van der Waals surface area contributed by atoms with Gasteiger partial charge < -0.3 is 14.8 Å². The second-order valence-corrected chi connectivity index (χ2v) is 6.70. The van der Waals surface area contributed by atoms with Crippen LogP contribution in [0.5, 0.6) is 11.5 Å². The zero-order valence-electron chi connectivity index (χ0n) is 15.4. The van der Waals surface area contributed by atoms with Crippen LogP contribution in [0.1, 0.15) is 29.3 Å². The van der Waals surface area contributed by atoms with Crippen molar-refractivity contribution in [3.8, 4) is 11.5 Å². The van der Waals surface area contributed by atoms with Gasteiger partial charge in [-0.2, -0.15) is 0 Å². The number of hydrogen-bond acceptors (Lipinski definition) is 5. The lowest BCUT2D eigenvalue weighted by molar-refractivity contribution is -0.132. The Morgan fingerprint density at radius 2 is 1.93 bits per heavy atom. The molecule has 0 aromatic heterocycles. The number of amides is 3. The van der Waals surface area contributed by atoms with Crippen molar-refractivity contribution in [2.24, 2.45) is 0 Å². The van der Waals surface area contributed by atoms with Crippen LogP contribution in [-0.4, -0.2) is 42.4 Å². The number of para-hydroxylation sites is 1. The summed E-state index contributed by atoms with van der Waals surface area (Å²) in [7, 11) is 0. The summed E-state index contributed by atoms with van der Waals surface area (Å²) < 4.78 is 11.0. The molecule has 2 aromatic rings. The zero-order valence-corrected chi connectivity index (χ0v) is 15.4. The van der Waals surface area contributed by atoms with Gasteiger partial charge in [0.15, 0.2) is 11.3 Å². The van der Waals surface area contributed by atoms with Crippen LogP contribution in [0.25, 0.3) is 0 Å². The molecule has 1 fully saturated rings. The minimum Gasteiger partial charge on any atom is -0.494 e. The first-order valence-corrected chi connectivity index (χ1v) is 9.17. The van der Waals surface area contributed by atoms with Gasteiger partial charge in [-0.15, -0.1) is 0 Å². The van der Waals surface area contributed by atoms with E-state index in [2.05, 4.69) is 5.32 Å². The number of urea groups is 1. The van der Waals surface area contributed by atoms with Gasteiger partial charge in [-0.05, 0) is 37.3 Å². The molecule has 2 heterocycles. The molecule has 7 heteroatoms. The predicted octanol–water partition coefficient (Wildman–Crippen LogP) is 2.50. The molecule has 7 nitrogen and oxygen atoms in total. The van der Waals surface area contributed by atoms with Crippen molar-refractivity contribution in [3.05, 3.63) is 59.7 Å². The van der Waals surface area contributed by atoms with Gasteiger partial charge in [0.1, 0.15) is 11.5 Å². The molecule has 0 saturated carbocycles. The molecule has 0 radical (unpaired) electrons. The van der Waals surface area contributed by atoms with Crippen molar-refractivity contribution < 1.29 is 23.9 Å². The largest absolute Gasteiger partial charge is 0.494 e. The molecular weight excluding hydrogens is 360 g/mol. The Bertz CT molecular complexity index is 940. The number of hydrogen-bond donors (Lipinski definition) is 1. The second kappa shape index (κ2) is 6.99. The first kappa shape index (κ1) is 18.0. The summed E-state index contributed by atoms with van der Waals surface area (Å²) >= 11 is 0. The Hall–Kier alpha value is -3.35. The monoisotopic (exact) mass is 380 g/mol. The fourth-order valence-electron chi connectivity index (χ4n) is 3.65. The number of imide groups is 1. The van der Waals surface area contributed by atoms with Crippen LogP contribution in [0, 0.1) is 0 Å². The van der Waals surface area contributed by atoms with E-state index in [1.54, 1.807) is 42.5 Å². The van der Waals surface area contributed by atoms with E-state index >= 15 is 0 Å². The number of ketones is 1. The molecule has 2 aliphatic heterocycles. The first-order valence-electron chi connectivity index (χ1n) is 9.17. The van der Waals surface area contributed by atoms with Crippen LogP contribution >= 0.6 is 0 Å². The van der Waals surface area contributed by atoms with Crippen molar-refractivity contribution in [1.82, 2.24) is 10.2 Å². The molecule has 1 N–H and O–H groups in total. The van der Waals surface area contributed by atoms with E-state index in [9.17, 15) is 14.4 Å². The minimum atomic E-state index is -1.18.